The molecule has 26 heavy (non-hydrogen) atoms. The molecule has 0 fully saturated rings. The average Bonchev–Trinajstić information content (AvgIpc) is 2.62. The van der Waals surface area contributed by atoms with Gasteiger partial charge in [-0.2, -0.15) is 0 Å². The third-order valence-corrected chi connectivity index (χ3v) is 3.79. The van der Waals surface area contributed by atoms with Gasteiger partial charge in [-0.15, -0.1) is 0 Å². The number of nitrogens with zero attached hydrogens (tertiary/aromatic N) is 2. The number of imide groups is 1. The van der Waals surface area contributed by atoms with Crippen LogP contribution in [0.15, 0.2) is 42.5 Å². The number of carboxylic acid groups (broad SMARTS) is 1. The van der Waals surface area contributed by atoms with E-state index in [0.29, 0.717) is 5.56 Å². The lowest BCUT2D eigenvalue weighted by Crippen LogP contribution is -2.38. The third kappa shape index (κ3) is 3.44. The molecule has 0 aliphatic carbocycles. The number of hydrogen-bond donors (Lipinski definition) is 1. The van der Waals surface area contributed by atoms with Crippen molar-refractivity contribution < 1.29 is 24.4 Å². The standard InChI is InChI=1S/C18H16N2O6/c1-3-15(21)19(13-9-5-4-7-11(13)2)17(22)16-12(18(23)24)8-6-10-14(16)20(25)26/h4-10H,3H2,1-2H3,(H,23,24). The maximum Gasteiger partial charge on any atom is 0.336 e. The van der Waals surface area contributed by atoms with Gasteiger partial charge in [0.1, 0.15) is 5.56 Å². The van der Waals surface area contributed by atoms with E-state index < -0.39 is 39.5 Å². The number of rotatable bonds is 5. The summed E-state index contributed by atoms with van der Waals surface area (Å²) in [4.78, 5) is 48.3. The molecule has 0 bridgehead atoms. The number of anilines is 1. The van der Waals surface area contributed by atoms with Crippen molar-refractivity contribution in [2.45, 2.75) is 20.3 Å². The van der Waals surface area contributed by atoms with Gasteiger partial charge in [0.15, 0.2) is 0 Å². The van der Waals surface area contributed by atoms with Crippen molar-refractivity contribution in [2.24, 2.45) is 0 Å². The van der Waals surface area contributed by atoms with E-state index in [-0.39, 0.29) is 12.1 Å². The van der Waals surface area contributed by atoms with Crippen LogP contribution in [0.5, 0.6) is 0 Å². The molecule has 0 aliphatic heterocycles. The molecule has 1 N–H and O–H groups in total. The highest BCUT2D eigenvalue weighted by Gasteiger charge is 2.34. The Kier molecular flexibility index (Phi) is 5.46. The highest BCUT2D eigenvalue weighted by atomic mass is 16.6. The molecule has 2 aromatic rings. The van der Waals surface area contributed by atoms with Crippen LogP contribution in [-0.2, 0) is 4.79 Å². The van der Waals surface area contributed by atoms with Gasteiger partial charge in [-0.3, -0.25) is 19.7 Å². The number of benzene rings is 2. The molecular weight excluding hydrogens is 340 g/mol. The number of aryl methyl sites for hydroxylation is 1. The molecule has 0 saturated heterocycles. The molecule has 0 saturated carbocycles. The van der Waals surface area contributed by atoms with E-state index in [1.54, 1.807) is 32.0 Å². The van der Waals surface area contributed by atoms with E-state index in [1.165, 1.54) is 12.1 Å². The van der Waals surface area contributed by atoms with E-state index in [9.17, 15) is 29.6 Å². The minimum absolute atomic E-state index is 0.0386. The number of carboxylic acids is 1. The average molecular weight is 356 g/mol. The number of carbonyl (C=O) groups is 3. The van der Waals surface area contributed by atoms with Crippen LogP contribution in [0.2, 0.25) is 0 Å². The van der Waals surface area contributed by atoms with Crippen LogP contribution in [0, 0.1) is 17.0 Å². The Morgan fingerprint density at radius 2 is 1.77 bits per heavy atom. The number of hydrogen-bond acceptors (Lipinski definition) is 5. The summed E-state index contributed by atoms with van der Waals surface area (Å²) in [6, 6.07) is 9.83. The molecule has 0 aromatic heterocycles. The van der Waals surface area contributed by atoms with Crippen molar-refractivity contribution in [2.75, 3.05) is 4.90 Å². The number of amides is 2. The summed E-state index contributed by atoms with van der Waals surface area (Å²) in [6.07, 6.45) is -0.0386. The minimum Gasteiger partial charge on any atom is -0.478 e. The van der Waals surface area contributed by atoms with E-state index in [1.807, 2.05) is 0 Å². The van der Waals surface area contributed by atoms with Crippen molar-refractivity contribution >= 4 is 29.2 Å². The molecule has 0 heterocycles. The molecule has 0 spiro atoms. The first-order valence-corrected chi connectivity index (χ1v) is 7.73. The first-order valence-electron chi connectivity index (χ1n) is 7.73. The first kappa shape index (κ1) is 18.8. The fourth-order valence-corrected chi connectivity index (χ4v) is 2.54. The second-order valence-electron chi connectivity index (χ2n) is 5.44. The highest BCUT2D eigenvalue weighted by Crippen LogP contribution is 2.28. The number of aromatic carboxylic acids is 1. The molecule has 0 atom stereocenters. The molecule has 2 rings (SSSR count). The normalized spacial score (nSPS) is 10.2. The third-order valence-electron chi connectivity index (χ3n) is 3.79. The number of nitro benzene ring substituents is 1. The monoisotopic (exact) mass is 356 g/mol. The molecule has 2 amide bonds. The van der Waals surface area contributed by atoms with Crippen molar-refractivity contribution in [3.05, 3.63) is 69.3 Å². The SMILES string of the molecule is CCC(=O)N(C(=O)c1c(C(=O)O)cccc1[N+](=O)[O-])c1ccccc1C. The van der Waals surface area contributed by atoms with Gasteiger partial charge in [0.2, 0.25) is 5.91 Å². The van der Waals surface area contributed by atoms with Gasteiger partial charge >= 0.3 is 5.97 Å². The maximum absolute atomic E-state index is 13.1. The lowest BCUT2D eigenvalue weighted by Gasteiger charge is -2.23. The molecule has 8 heteroatoms. The quantitative estimate of drug-likeness (QED) is 0.649. The van der Waals surface area contributed by atoms with E-state index >= 15 is 0 Å². The second-order valence-corrected chi connectivity index (χ2v) is 5.44. The van der Waals surface area contributed by atoms with Crippen LogP contribution in [0.1, 0.15) is 39.6 Å². The predicted molar refractivity (Wildman–Crippen MR) is 93.3 cm³/mol. The van der Waals surface area contributed by atoms with Gasteiger partial charge in [0, 0.05) is 12.5 Å². The molecule has 2 aromatic carbocycles. The molecular formula is C18H16N2O6. The largest absolute Gasteiger partial charge is 0.478 e. The van der Waals surface area contributed by atoms with Crippen LogP contribution >= 0.6 is 0 Å². The van der Waals surface area contributed by atoms with Gasteiger partial charge in [0.25, 0.3) is 11.6 Å². The minimum atomic E-state index is -1.49. The van der Waals surface area contributed by atoms with Gasteiger partial charge in [0.05, 0.1) is 16.2 Å². The van der Waals surface area contributed by atoms with Crippen molar-refractivity contribution in [1.29, 1.82) is 0 Å². The molecule has 0 aliphatic rings. The Bertz CT molecular complexity index is 874. The fraction of sp³-hybridized carbons (Fsp3) is 0.167. The predicted octanol–water partition coefficient (Wildman–Crippen LogP) is 3.18. The summed E-state index contributed by atoms with van der Waals surface area (Å²) in [5.41, 5.74) is -0.990. The maximum atomic E-state index is 13.1. The molecule has 0 unspecified atom stereocenters. The Labute approximate surface area is 148 Å². The first-order chi connectivity index (χ1) is 12.3. The zero-order valence-electron chi connectivity index (χ0n) is 14.1. The number of para-hydroxylation sites is 1. The molecule has 134 valence electrons. The lowest BCUT2D eigenvalue weighted by molar-refractivity contribution is -0.385. The van der Waals surface area contributed by atoms with Crippen molar-refractivity contribution in [3.63, 3.8) is 0 Å². The zero-order valence-corrected chi connectivity index (χ0v) is 14.1. The smallest absolute Gasteiger partial charge is 0.336 e. The second kappa shape index (κ2) is 7.56. The summed E-state index contributed by atoms with van der Waals surface area (Å²) in [5.74, 6) is -3.14. The Morgan fingerprint density at radius 3 is 2.31 bits per heavy atom. The lowest BCUT2D eigenvalue weighted by atomic mass is 10.0. The van der Waals surface area contributed by atoms with Gasteiger partial charge in [-0.25, -0.2) is 9.69 Å². The van der Waals surface area contributed by atoms with Crippen LogP contribution in [-0.4, -0.2) is 27.8 Å². The molecule has 8 nitrogen and oxygen atoms in total. The summed E-state index contributed by atoms with van der Waals surface area (Å²) in [5, 5.41) is 20.7. The van der Waals surface area contributed by atoms with Crippen molar-refractivity contribution in [1.82, 2.24) is 0 Å². The summed E-state index contributed by atoms with van der Waals surface area (Å²) in [6.45, 7) is 3.22. The summed E-state index contributed by atoms with van der Waals surface area (Å²) in [7, 11) is 0. The Hall–Kier alpha value is -3.55. The highest BCUT2D eigenvalue weighted by molar-refractivity contribution is 6.24. The molecule has 0 radical (unpaired) electrons. The van der Waals surface area contributed by atoms with E-state index in [2.05, 4.69) is 0 Å². The fourth-order valence-electron chi connectivity index (χ4n) is 2.54. The van der Waals surface area contributed by atoms with Crippen LogP contribution < -0.4 is 4.90 Å². The van der Waals surface area contributed by atoms with Crippen LogP contribution in [0.3, 0.4) is 0 Å². The van der Waals surface area contributed by atoms with Gasteiger partial charge < -0.3 is 5.11 Å². The van der Waals surface area contributed by atoms with Crippen LogP contribution in [0.25, 0.3) is 0 Å². The van der Waals surface area contributed by atoms with Gasteiger partial charge in [-0.1, -0.05) is 31.2 Å². The van der Waals surface area contributed by atoms with Crippen LogP contribution in [0.4, 0.5) is 11.4 Å². The van der Waals surface area contributed by atoms with E-state index in [0.717, 1.165) is 17.0 Å². The van der Waals surface area contributed by atoms with Crippen molar-refractivity contribution in [3.8, 4) is 0 Å². The Balaban J connectivity index is 2.75. The topological polar surface area (TPSA) is 118 Å². The van der Waals surface area contributed by atoms with Gasteiger partial charge in [-0.05, 0) is 24.6 Å². The number of nitro groups is 1. The zero-order chi connectivity index (χ0) is 19.4. The summed E-state index contributed by atoms with van der Waals surface area (Å²) < 4.78 is 0. The summed E-state index contributed by atoms with van der Waals surface area (Å²) >= 11 is 0. The number of carbonyl (C=O) groups excluding carboxylic acids is 2. The Morgan fingerprint density at radius 1 is 1.12 bits per heavy atom. The van der Waals surface area contributed by atoms with E-state index in [4.69, 9.17) is 0 Å².